The topological polar surface area (TPSA) is 59.3 Å². The van der Waals surface area contributed by atoms with E-state index in [2.05, 4.69) is 19.9 Å². The fraction of sp³-hybridized carbons (Fsp3) is 0.562. The van der Waals surface area contributed by atoms with Crippen LogP contribution in [0.3, 0.4) is 0 Å². The summed E-state index contributed by atoms with van der Waals surface area (Å²) in [4.78, 5) is 12.6. The summed E-state index contributed by atoms with van der Waals surface area (Å²) in [5, 5.41) is 9.54. The summed E-state index contributed by atoms with van der Waals surface area (Å²) < 4.78 is 11.4. The normalized spacial score (nSPS) is 10.7. The monoisotopic (exact) mass is 491 g/mol. The predicted molar refractivity (Wildman–Crippen MR) is 148 cm³/mol. The van der Waals surface area contributed by atoms with Crippen LogP contribution in [0.5, 0.6) is 11.5 Å². The zero-order chi connectivity index (χ0) is 25.8. The summed E-state index contributed by atoms with van der Waals surface area (Å²) in [5.41, 5.74) is 1.97. The Bertz CT molecular complexity index is 914. The second-order valence-corrected chi connectivity index (χ2v) is 9.70. The third-order valence-electron chi connectivity index (χ3n) is 6.54. The van der Waals surface area contributed by atoms with Gasteiger partial charge in [0.2, 0.25) is 0 Å². The maximum absolute atomic E-state index is 12.6. The van der Waals surface area contributed by atoms with E-state index < -0.39 is 5.97 Å². The third kappa shape index (κ3) is 11.8. The number of aryl methyl sites for hydroxylation is 1. The van der Waals surface area contributed by atoms with Gasteiger partial charge in [0, 0.05) is 0 Å². The van der Waals surface area contributed by atoms with E-state index in [9.17, 15) is 10.1 Å². The van der Waals surface area contributed by atoms with Crippen molar-refractivity contribution in [2.45, 2.75) is 110 Å². The lowest BCUT2D eigenvalue weighted by atomic mass is 10.0. The van der Waals surface area contributed by atoms with Gasteiger partial charge in [-0.3, -0.25) is 0 Å². The summed E-state index contributed by atoms with van der Waals surface area (Å²) >= 11 is 0. The molecule has 0 aliphatic rings. The Morgan fingerprint density at radius 1 is 0.750 bits per heavy atom. The molecule has 0 radical (unpaired) electrons. The molecule has 0 saturated heterocycles. The van der Waals surface area contributed by atoms with Crippen LogP contribution in [0.15, 0.2) is 42.5 Å². The summed E-state index contributed by atoms with van der Waals surface area (Å²) in [5.74, 6) is 0.570. The van der Waals surface area contributed by atoms with E-state index in [0.29, 0.717) is 29.2 Å². The highest BCUT2D eigenvalue weighted by molar-refractivity contribution is 5.91. The van der Waals surface area contributed by atoms with Crippen LogP contribution >= 0.6 is 0 Å². The van der Waals surface area contributed by atoms with Gasteiger partial charge in [-0.2, -0.15) is 5.26 Å². The number of hydrogen-bond donors (Lipinski definition) is 0. The molecule has 36 heavy (non-hydrogen) atoms. The number of nitriles is 1. The minimum atomic E-state index is -0.468. The van der Waals surface area contributed by atoms with Crippen LogP contribution in [0.1, 0.15) is 125 Å². The zero-order valence-corrected chi connectivity index (χ0v) is 22.5. The van der Waals surface area contributed by atoms with Crippen molar-refractivity contribution in [1.82, 2.24) is 0 Å². The molecule has 0 fully saturated rings. The van der Waals surface area contributed by atoms with Crippen molar-refractivity contribution >= 4 is 5.97 Å². The molecule has 0 atom stereocenters. The Hall–Kier alpha value is -2.80. The largest absolute Gasteiger partial charge is 0.492 e. The van der Waals surface area contributed by atoms with Crippen molar-refractivity contribution in [2.75, 3.05) is 6.61 Å². The fourth-order valence-electron chi connectivity index (χ4n) is 4.29. The molecule has 0 spiro atoms. The van der Waals surface area contributed by atoms with Crippen molar-refractivity contribution in [2.24, 2.45) is 0 Å². The van der Waals surface area contributed by atoms with E-state index in [-0.39, 0.29) is 0 Å². The molecule has 0 heterocycles. The highest BCUT2D eigenvalue weighted by atomic mass is 16.5. The lowest BCUT2D eigenvalue weighted by molar-refractivity contribution is 0.0734. The van der Waals surface area contributed by atoms with Crippen LogP contribution in [0.2, 0.25) is 0 Å². The van der Waals surface area contributed by atoms with Gasteiger partial charge in [-0.05, 0) is 55.2 Å². The number of carbonyl (C=O) groups is 1. The Labute approximate surface area is 219 Å². The standard InChI is InChI=1S/C32H45NO3/c1-3-5-7-9-11-12-14-16-24-35-31-23-20-28(25-29(31)26-33)32(34)36-30-21-18-27(19-22-30)17-15-13-10-8-6-4-2/h18-23,25H,3-17,24H2,1-2H3. The van der Waals surface area contributed by atoms with Crippen LogP contribution in [-0.4, -0.2) is 12.6 Å². The van der Waals surface area contributed by atoms with Gasteiger partial charge < -0.3 is 9.47 Å². The molecule has 0 unspecified atom stereocenters. The van der Waals surface area contributed by atoms with E-state index in [1.165, 1.54) is 82.6 Å². The smallest absolute Gasteiger partial charge is 0.343 e. The van der Waals surface area contributed by atoms with Gasteiger partial charge in [0.05, 0.1) is 17.7 Å². The number of hydrogen-bond acceptors (Lipinski definition) is 4. The van der Waals surface area contributed by atoms with Gasteiger partial charge in [0.1, 0.15) is 17.6 Å². The first-order chi connectivity index (χ1) is 17.7. The first kappa shape index (κ1) is 29.4. The molecule has 2 aromatic rings. The van der Waals surface area contributed by atoms with E-state index in [4.69, 9.17) is 9.47 Å². The van der Waals surface area contributed by atoms with Crippen LogP contribution in [-0.2, 0) is 6.42 Å². The number of esters is 1. The SMILES string of the molecule is CCCCCCCCCCOc1ccc(C(=O)Oc2ccc(CCCCCCCC)cc2)cc1C#N. The second-order valence-electron chi connectivity index (χ2n) is 9.70. The van der Waals surface area contributed by atoms with Crippen LogP contribution < -0.4 is 9.47 Å². The average molecular weight is 492 g/mol. The van der Waals surface area contributed by atoms with Gasteiger partial charge in [-0.1, -0.05) is 103 Å². The molecule has 0 saturated carbocycles. The number of rotatable bonds is 19. The molecular weight excluding hydrogens is 446 g/mol. The Kier molecular flexibility index (Phi) is 15.1. The molecule has 196 valence electrons. The van der Waals surface area contributed by atoms with Crippen molar-refractivity contribution in [3.05, 3.63) is 59.2 Å². The molecular formula is C32H45NO3. The molecule has 2 rings (SSSR count). The van der Waals surface area contributed by atoms with Gasteiger partial charge in [-0.15, -0.1) is 0 Å². The fourth-order valence-corrected chi connectivity index (χ4v) is 4.29. The van der Waals surface area contributed by atoms with Crippen molar-refractivity contribution in [3.63, 3.8) is 0 Å². The molecule has 0 bridgehead atoms. The van der Waals surface area contributed by atoms with Gasteiger partial charge in [0.25, 0.3) is 0 Å². The molecule has 4 nitrogen and oxygen atoms in total. The van der Waals surface area contributed by atoms with Crippen molar-refractivity contribution < 1.29 is 14.3 Å². The summed E-state index contributed by atoms with van der Waals surface area (Å²) in [6, 6.07) is 14.8. The highest BCUT2D eigenvalue weighted by Gasteiger charge is 2.13. The quantitative estimate of drug-likeness (QED) is 0.112. The molecule has 0 aromatic heterocycles. The first-order valence-corrected chi connectivity index (χ1v) is 14.2. The van der Waals surface area contributed by atoms with E-state index in [0.717, 1.165) is 19.3 Å². The molecule has 4 heteroatoms. The lowest BCUT2D eigenvalue weighted by Crippen LogP contribution is -2.09. The minimum absolute atomic E-state index is 0.349. The first-order valence-electron chi connectivity index (χ1n) is 14.2. The Morgan fingerprint density at radius 3 is 1.94 bits per heavy atom. The maximum atomic E-state index is 12.6. The highest BCUT2D eigenvalue weighted by Crippen LogP contribution is 2.22. The van der Waals surface area contributed by atoms with Gasteiger partial charge in [-0.25, -0.2) is 4.79 Å². The minimum Gasteiger partial charge on any atom is -0.492 e. The Balaban J connectivity index is 1.75. The van der Waals surface area contributed by atoms with E-state index in [1.54, 1.807) is 18.2 Å². The average Bonchev–Trinajstić information content (AvgIpc) is 2.90. The second kappa shape index (κ2) is 18.5. The number of unbranched alkanes of at least 4 members (excludes halogenated alkanes) is 12. The molecule has 0 aliphatic carbocycles. The lowest BCUT2D eigenvalue weighted by Gasteiger charge is -2.10. The van der Waals surface area contributed by atoms with Crippen LogP contribution in [0, 0.1) is 11.3 Å². The van der Waals surface area contributed by atoms with E-state index in [1.807, 2.05) is 24.3 Å². The molecule has 2 aromatic carbocycles. The summed E-state index contributed by atoms with van der Waals surface area (Å²) in [6.45, 7) is 5.05. The summed E-state index contributed by atoms with van der Waals surface area (Å²) in [6.07, 6.45) is 18.6. The molecule has 0 amide bonds. The number of benzene rings is 2. The predicted octanol–water partition coefficient (Wildman–Crippen LogP) is 9.20. The van der Waals surface area contributed by atoms with E-state index >= 15 is 0 Å². The number of nitrogens with zero attached hydrogens (tertiary/aromatic N) is 1. The van der Waals surface area contributed by atoms with Crippen molar-refractivity contribution in [3.8, 4) is 17.6 Å². The van der Waals surface area contributed by atoms with Gasteiger partial charge in [0.15, 0.2) is 0 Å². The van der Waals surface area contributed by atoms with Crippen molar-refractivity contribution in [1.29, 1.82) is 5.26 Å². The molecule has 0 aliphatic heterocycles. The van der Waals surface area contributed by atoms with Crippen LogP contribution in [0.25, 0.3) is 0 Å². The van der Waals surface area contributed by atoms with Crippen LogP contribution in [0.4, 0.5) is 0 Å². The maximum Gasteiger partial charge on any atom is 0.343 e. The van der Waals surface area contributed by atoms with Gasteiger partial charge >= 0.3 is 5.97 Å². The molecule has 0 N–H and O–H groups in total. The number of carbonyl (C=O) groups excluding carboxylic acids is 1. The number of ether oxygens (including phenoxy) is 2. The Morgan fingerprint density at radius 2 is 1.33 bits per heavy atom. The zero-order valence-electron chi connectivity index (χ0n) is 22.5. The third-order valence-corrected chi connectivity index (χ3v) is 6.54. The summed E-state index contributed by atoms with van der Waals surface area (Å²) in [7, 11) is 0.